The van der Waals surface area contributed by atoms with Crippen molar-refractivity contribution < 1.29 is 5.11 Å². The summed E-state index contributed by atoms with van der Waals surface area (Å²) in [5.41, 5.74) is 3.39. The van der Waals surface area contributed by atoms with E-state index in [0.29, 0.717) is 14.7 Å². The lowest BCUT2D eigenvalue weighted by atomic mass is 9.95. The second kappa shape index (κ2) is 6.54. The van der Waals surface area contributed by atoms with Gasteiger partial charge in [-0.3, -0.25) is 4.79 Å². The zero-order valence-corrected chi connectivity index (χ0v) is 16.7. The molecule has 26 heavy (non-hydrogen) atoms. The lowest BCUT2D eigenvalue weighted by Gasteiger charge is -2.14. The van der Waals surface area contributed by atoms with Gasteiger partial charge in [0.2, 0.25) is 0 Å². The Morgan fingerprint density at radius 1 is 1.23 bits per heavy atom. The molecule has 4 rings (SSSR count). The first-order valence-corrected chi connectivity index (χ1v) is 9.90. The summed E-state index contributed by atoms with van der Waals surface area (Å²) in [4.78, 5) is 15.3. The number of pyridine rings is 1. The molecule has 2 aromatic carbocycles. The number of thiophene rings is 1. The molecule has 0 saturated heterocycles. The summed E-state index contributed by atoms with van der Waals surface area (Å²) >= 11 is 4.87. The standard InChI is InChI=1S/C20H17BrN2O2S/c1-10(22-2)11-3-5-12(6-4-11)16-15(24)9-14(21)18-17(16)13-7-8-26-19(13)20(25)23-18/h3-10,22,24H,1-2H3,(H,23,25)/t10-/m1/s1. The van der Waals surface area contributed by atoms with E-state index >= 15 is 0 Å². The van der Waals surface area contributed by atoms with Gasteiger partial charge in [-0.05, 0) is 58.5 Å². The molecular weight excluding hydrogens is 412 g/mol. The smallest absolute Gasteiger partial charge is 0.266 e. The quantitative estimate of drug-likeness (QED) is 0.422. The van der Waals surface area contributed by atoms with Crippen LogP contribution >= 0.6 is 27.3 Å². The van der Waals surface area contributed by atoms with Gasteiger partial charge in [-0.1, -0.05) is 24.3 Å². The molecule has 0 radical (unpaired) electrons. The molecule has 4 aromatic rings. The average molecular weight is 429 g/mol. The fourth-order valence-electron chi connectivity index (χ4n) is 3.28. The van der Waals surface area contributed by atoms with E-state index in [2.05, 4.69) is 45.3 Å². The third-order valence-corrected chi connectivity index (χ3v) is 6.31. The SMILES string of the molecule is CN[C@H](C)c1ccc(-c2c(O)cc(Br)c3[nH]c(=O)c4sccc4c23)cc1. The Balaban J connectivity index is 2.06. The average Bonchev–Trinajstić information content (AvgIpc) is 3.13. The largest absolute Gasteiger partial charge is 0.507 e. The summed E-state index contributed by atoms with van der Waals surface area (Å²) in [5.74, 6) is 0.179. The second-order valence-electron chi connectivity index (χ2n) is 6.25. The number of hydrogen-bond acceptors (Lipinski definition) is 4. The lowest BCUT2D eigenvalue weighted by Crippen LogP contribution is -2.11. The number of nitrogens with one attached hydrogen (secondary N) is 2. The van der Waals surface area contributed by atoms with Crippen LogP contribution in [0.3, 0.4) is 0 Å². The summed E-state index contributed by atoms with van der Waals surface area (Å²) < 4.78 is 1.33. The van der Waals surface area contributed by atoms with Crippen molar-refractivity contribution in [2.24, 2.45) is 0 Å². The van der Waals surface area contributed by atoms with Crippen LogP contribution in [-0.4, -0.2) is 17.1 Å². The van der Waals surface area contributed by atoms with Crippen molar-refractivity contribution in [3.8, 4) is 16.9 Å². The Kier molecular flexibility index (Phi) is 4.34. The van der Waals surface area contributed by atoms with E-state index < -0.39 is 0 Å². The van der Waals surface area contributed by atoms with Gasteiger partial charge in [0.25, 0.3) is 5.56 Å². The van der Waals surface area contributed by atoms with E-state index in [-0.39, 0.29) is 17.4 Å². The maximum Gasteiger partial charge on any atom is 0.266 e. The number of rotatable bonds is 3. The second-order valence-corrected chi connectivity index (χ2v) is 8.02. The van der Waals surface area contributed by atoms with E-state index in [1.807, 2.05) is 30.6 Å². The number of aromatic nitrogens is 1. The van der Waals surface area contributed by atoms with Gasteiger partial charge in [0.05, 0.1) is 5.52 Å². The van der Waals surface area contributed by atoms with Crippen LogP contribution in [0.25, 0.3) is 32.1 Å². The summed E-state index contributed by atoms with van der Waals surface area (Å²) in [6, 6.07) is 11.9. The highest BCUT2D eigenvalue weighted by molar-refractivity contribution is 9.10. The van der Waals surface area contributed by atoms with Crippen LogP contribution < -0.4 is 10.9 Å². The topological polar surface area (TPSA) is 65.1 Å². The molecule has 0 saturated carbocycles. The van der Waals surface area contributed by atoms with Gasteiger partial charge < -0.3 is 15.4 Å². The van der Waals surface area contributed by atoms with Crippen molar-refractivity contribution in [2.45, 2.75) is 13.0 Å². The van der Waals surface area contributed by atoms with Gasteiger partial charge in [-0.25, -0.2) is 0 Å². The fraction of sp³-hybridized carbons (Fsp3) is 0.150. The van der Waals surface area contributed by atoms with Gasteiger partial charge in [0.1, 0.15) is 10.4 Å². The highest BCUT2D eigenvalue weighted by Crippen LogP contribution is 2.42. The van der Waals surface area contributed by atoms with Crippen LogP contribution in [0, 0.1) is 0 Å². The molecule has 0 bridgehead atoms. The normalized spacial score (nSPS) is 12.7. The number of aromatic amines is 1. The zero-order valence-electron chi connectivity index (χ0n) is 14.3. The van der Waals surface area contributed by atoms with Gasteiger partial charge in [-0.2, -0.15) is 0 Å². The van der Waals surface area contributed by atoms with E-state index in [1.165, 1.54) is 16.9 Å². The highest BCUT2D eigenvalue weighted by Gasteiger charge is 2.18. The minimum Gasteiger partial charge on any atom is -0.507 e. The van der Waals surface area contributed by atoms with Gasteiger partial charge in [-0.15, -0.1) is 11.3 Å². The Morgan fingerprint density at radius 2 is 1.96 bits per heavy atom. The maximum atomic E-state index is 12.4. The number of benzene rings is 2. The minimum atomic E-state index is -0.113. The molecule has 4 nitrogen and oxygen atoms in total. The maximum absolute atomic E-state index is 12.4. The molecule has 2 aromatic heterocycles. The van der Waals surface area contributed by atoms with Gasteiger partial charge >= 0.3 is 0 Å². The van der Waals surface area contributed by atoms with Crippen LogP contribution in [0.15, 0.2) is 51.0 Å². The molecule has 3 N–H and O–H groups in total. The van der Waals surface area contributed by atoms with Crippen LogP contribution in [0.1, 0.15) is 18.5 Å². The third-order valence-electron chi connectivity index (χ3n) is 4.77. The zero-order chi connectivity index (χ0) is 18.4. The summed E-state index contributed by atoms with van der Waals surface area (Å²) in [5, 5.41) is 17.5. The lowest BCUT2D eigenvalue weighted by molar-refractivity contribution is 0.477. The monoisotopic (exact) mass is 428 g/mol. The third kappa shape index (κ3) is 2.65. The van der Waals surface area contributed by atoms with Crippen molar-refractivity contribution in [1.82, 2.24) is 10.3 Å². The summed E-state index contributed by atoms with van der Waals surface area (Å²) in [6.07, 6.45) is 0. The van der Waals surface area contributed by atoms with Crippen molar-refractivity contribution in [3.05, 3.63) is 62.2 Å². The first kappa shape index (κ1) is 17.3. The molecule has 6 heteroatoms. The van der Waals surface area contributed by atoms with Crippen molar-refractivity contribution in [1.29, 1.82) is 0 Å². The summed E-state index contributed by atoms with van der Waals surface area (Å²) in [7, 11) is 1.93. The van der Waals surface area contributed by atoms with E-state index in [9.17, 15) is 9.90 Å². The molecule has 0 fully saturated rings. The first-order chi connectivity index (χ1) is 12.5. The number of phenolic OH excluding ortho intramolecular Hbond substituents is 1. The number of aromatic hydroxyl groups is 1. The Bertz CT molecular complexity index is 1180. The van der Waals surface area contributed by atoms with Gasteiger partial charge in [0, 0.05) is 26.9 Å². The number of halogens is 1. The van der Waals surface area contributed by atoms with E-state index in [1.54, 1.807) is 6.07 Å². The van der Waals surface area contributed by atoms with Gasteiger partial charge in [0.15, 0.2) is 0 Å². The molecule has 0 amide bonds. The van der Waals surface area contributed by atoms with E-state index in [0.717, 1.165) is 21.9 Å². The molecule has 0 aliphatic heterocycles. The molecule has 0 aliphatic rings. The predicted molar refractivity (Wildman–Crippen MR) is 112 cm³/mol. The highest BCUT2D eigenvalue weighted by atomic mass is 79.9. The Labute approximate surface area is 162 Å². The van der Waals surface area contributed by atoms with Crippen molar-refractivity contribution >= 4 is 48.3 Å². The molecule has 2 heterocycles. The van der Waals surface area contributed by atoms with Crippen LogP contribution in [0.5, 0.6) is 5.75 Å². The predicted octanol–water partition coefficient (Wildman–Crippen LogP) is 5.16. The molecule has 0 aliphatic carbocycles. The Morgan fingerprint density at radius 3 is 2.65 bits per heavy atom. The van der Waals surface area contributed by atoms with Crippen LogP contribution in [0.4, 0.5) is 0 Å². The molecule has 132 valence electrons. The number of hydrogen-bond donors (Lipinski definition) is 3. The van der Waals surface area contributed by atoms with Crippen LogP contribution in [0.2, 0.25) is 0 Å². The Hall–Kier alpha value is -2.15. The fourth-order valence-corrected chi connectivity index (χ4v) is 4.59. The van der Waals surface area contributed by atoms with Crippen molar-refractivity contribution in [2.75, 3.05) is 7.05 Å². The number of H-pyrrole nitrogens is 1. The minimum absolute atomic E-state index is 0.113. The summed E-state index contributed by atoms with van der Waals surface area (Å²) in [6.45, 7) is 2.10. The molecular formula is C20H17BrN2O2S. The number of phenols is 1. The number of fused-ring (bicyclic) bond motifs is 3. The van der Waals surface area contributed by atoms with Crippen LogP contribution in [-0.2, 0) is 0 Å². The first-order valence-electron chi connectivity index (χ1n) is 8.23. The molecule has 1 atom stereocenters. The molecule has 0 unspecified atom stereocenters. The van der Waals surface area contributed by atoms with Crippen molar-refractivity contribution in [3.63, 3.8) is 0 Å². The molecule has 0 spiro atoms. The van der Waals surface area contributed by atoms with E-state index in [4.69, 9.17) is 0 Å².